The number of aromatic nitrogens is 1. The first-order valence-corrected chi connectivity index (χ1v) is 9.21. The largest absolute Gasteiger partial charge is 0.289 e. The summed E-state index contributed by atoms with van der Waals surface area (Å²) in [7, 11) is -2.28. The smallest absolute Gasteiger partial charge is 0.269 e. The maximum absolute atomic E-state index is 12.5. The zero-order valence-corrected chi connectivity index (χ0v) is 12.1. The minimum atomic E-state index is -2.28. The highest BCUT2D eigenvalue weighted by atomic mass is 28.3. The number of rotatable bonds is 1. The van der Waals surface area contributed by atoms with Crippen molar-refractivity contribution in [3.63, 3.8) is 0 Å². The van der Waals surface area contributed by atoms with Crippen molar-refractivity contribution >= 4 is 29.9 Å². The van der Waals surface area contributed by atoms with Gasteiger partial charge in [-0.15, -0.1) is 0 Å². The van der Waals surface area contributed by atoms with Crippen LogP contribution in [0.5, 0.6) is 0 Å². The number of benzene rings is 1. The van der Waals surface area contributed by atoms with Gasteiger partial charge in [-0.05, 0) is 11.3 Å². The quantitative estimate of drug-likeness (QED) is 0.450. The molecule has 1 aromatic heterocycles. The standard InChI is InChI=1S/C14H12N2O3Si/c1-20(2)12-6-7-15-8-10(12)13(17)9-4-3-5-11(14(9)20)16(18)19/h3-8H,1-2H3. The molecule has 0 unspecified atom stereocenters. The average Bonchev–Trinajstić information content (AvgIpc) is 2.44. The summed E-state index contributed by atoms with van der Waals surface area (Å²) in [5.41, 5.74) is 1.09. The molecule has 0 bridgehead atoms. The molecule has 20 heavy (non-hydrogen) atoms. The summed E-state index contributed by atoms with van der Waals surface area (Å²) in [6, 6.07) is 6.54. The van der Waals surface area contributed by atoms with E-state index in [1.54, 1.807) is 24.5 Å². The fraction of sp³-hybridized carbons (Fsp3) is 0.143. The number of carbonyl (C=O) groups excluding carboxylic acids is 1. The second-order valence-electron chi connectivity index (χ2n) is 5.33. The minimum absolute atomic E-state index is 0.0509. The molecule has 0 fully saturated rings. The predicted molar refractivity (Wildman–Crippen MR) is 77.5 cm³/mol. The fourth-order valence-corrected chi connectivity index (χ4v) is 6.24. The molecule has 0 saturated carbocycles. The van der Waals surface area contributed by atoms with Crippen molar-refractivity contribution in [3.05, 3.63) is 57.9 Å². The third-order valence-electron chi connectivity index (χ3n) is 3.85. The lowest BCUT2D eigenvalue weighted by Gasteiger charge is -2.31. The first-order valence-electron chi connectivity index (χ1n) is 6.21. The molecule has 0 atom stereocenters. The van der Waals surface area contributed by atoms with Crippen LogP contribution >= 0.6 is 0 Å². The Balaban J connectivity index is 2.41. The highest BCUT2D eigenvalue weighted by Crippen LogP contribution is 2.24. The summed E-state index contributed by atoms with van der Waals surface area (Å²) >= 11 is 0. The molecule has 0 spiro atoms. The Kier molecular flexibility index (Phi) is 2.58. The lowest BCUT2D eigenvalue weighted by molar-refractivity contribution is -0.383. The van der Waals surface area contributed by atoms with Crippen LogP contribution in [0.3, 0.4) is 0 Å². The van der Waals surface area contributed by atoms with Crippen molar-refractivity contribution in [2.45, 2.75) is 13.1 Å². The number of pyridine rings is 1. The van der Waals surface area contributed by atoms with Crippen molar-refractivity contribution in [1.82, 2.24) is 4.98 Å². The van der Waals surface area contributed by atoms with E-state index < -0.39 is 13.0 Å². The van der Waals surface area contributed by atoms with Crippen LogP contribution in [0, 0.1) is 10.1 Å². The van der Waals surface area contributed by atoms with Gasteiger partial charge in [0.05, 0.1) is 4.92 Å². The molecular weight excluding hydrogens is 272 g/mol. The molecule has 0 N–H and O–H groups in total. The van der Waals surface area contributed by atoms with Gasteiger partial charge in [0.2, 0.25) is 0 Å². The molecule has 6 heteroatoms. The van der Waals surface area contributed by atoms with Gasteiger partial charge in [0.25, 0.3) is 5.69 Å². The second-order valence-corrected chi connectivity index (χ2v) is 9.62. The zero-order chi connectivity index (χ0) is 14.5. The Bertz CT molecular complexity index is 756. The molecule has 100 valence electrons. The van der Waals surface area contributed by atoms with Gasteiger partial charge in [0.15, 0.2) is 5.78 Å². The number of nitrogens with zero attached hydrogens (tertiary/aromatic N) is 2. The Labute approximate surface area is 116 Å². The van der Waals surface area contributed by atoms with Crippen molar-refractivity contribution in [2.24, 2.45) is 0 Å². The molecule has 5 nitrogen and oxygen atoms in total. The van der Waals surface area contributed by atoms with Crippen LogP contribution in [-0.2, 0) is 0 Å². The Hall–Kier alpha value is -2.34. The first-order chi connectivity index (χ1) is 9.44. The Morgan fingerprint density at radius 2 is 1.95 bits per heavy atom. The van der Waals surface area contributed by atoms with Gasteiger partial charge in [-0.25, -0.2) is 0 Å². The summed E-state index contributed by atoms with van der Waals surface area (Å²) < 4.78 is 0. The third-order valence-corrected chi connectivity index (χ3v) is 7.41. The number of carbonyl (C=O) groups is 1. The second kappa shape index (κ2) is 4.07. The summed E-state index contributed by atoms with van der Waals surface area (Å²) in [6.07, 6.45) is 3.20. The highest BCUT2D eigenvalue weighted by molar-refractivity contribution is 7.03. The highest BCUT2D eigenvalue weighted by Gasteiger charge is 2.43. The van der Waals surface area contributed by atoms with E-state index in [-0.39, 0.29) is 11.5 Å². The number of ketones is 1. The van der Waals surface area contributed by atoms with Gasteiger partial charge in [0.1, 0.15) is 8.07 Å². The summed E-state index contributed by atoms with van der Waals surface area (Å²) in [6.45, 7) is 4.06. The van der Waals surface area contributed by atoms with Crippen molar-refractivity contribution in [3.8, 4) is 0 Å². The van der Waals surface area contributed by atoms with Crippen molar-refractivity contribution < 1.29 is 9.72 Å². The minimum Gasteiger partial charge on any atom is -0.289 e. The van der Waals surface area contributed by atoms with E-state index in [4.69, 9.17) is 0 Å². The van der Waals surface area contributed by atoms with Crippen LogP contribution in [0.15, 0.2) is 36.7 Å². The molecule has 2 aromatic rings. The van der Waals surface area contributed by atoms with Crippen LogP contribution in [0.1, 0.15) is 15.9 Å². The van der Waals surface area contributed by atoms with E-state index in [9.17, 15) is 14.9 Å². The normalized spacial score (nSPS) is 15.4. The SMILES string of the molecule is C[Si]1(C)c2ccncc2C(=O)c2cccc([N+](=O)[O-])c21. The molecule has 3 rings (SSSR count). The number of nitro benzene ring substituents is 1. The number of nitro groups is 1. The van der Waals surface area contributed by atoms with Crippen LogP contribution in [-0.4, -0.2) is 23.8 Å². The van der Waals surface area contributed by atoms with E-state index in [0.717, 1.165) is 5.19 Å². The first kappa shape index (κ1) is 12.7. The van der Waals surface area contributed by atoms with Crippen LogP contribution in [0.25, 0.3) is 0 Å². The number of fused-ring (bicyclic) bond motifs is 2. The Morgan fingerprint density at radius 3 is 2.65 bits per heavy atom. The van der Waals surface area contributed by atoms with Crippen molar-refractivity contribution in [2.75, 3.05) is 0 Å². The van der Waals surface area contributed by atoms with Gasteiger partial charge >= 0.3 is 0 Å². The van der Waals surface area contributed by atoms with Gasteiger partial charge < -0.3 is 0 Å². The van der Waals surface area contributed by atoms with Gasteiger partial charge in [-0.3, -0.25) is 19.9 Å². The third kappa shape index (κ3) is 1.55. The van der Waals surface area contributed by atoms with E-state index in [2.05, 4.69) is 4.98 Å². The maximum Gasteiger partial charge on any atom is 0.269 e. The predicted octanol–water partition coefficient (Wildman–Crippen LogP) is 1.36. The lowest BCUT2D eigenvalue weighted by atomic mass is 10.0. The molecule has 0 amide bonds. The maximum atomic E-state index is 12.5. The van der Waals surface area contributed by atoms with Gasteiger partial charge in [0, 0.05) is 34.8 Å². The number of hydrogen-bond donors (Lipinski definition) is 0. The average molecular weight is 284 g/mol. The van der Waals surface area contributed by atoms with Gasteiger partial charge in [-0.1, -0.05) is 25.2 Å². The molecule has 1 aliphatic heterocycles. The molecule has 0 radical (unpaired) electrons. The molecule has 1 aliphatic rings. The molecule has 1 aromatic carbocycles. The molecule has 2 heterocycles. The molecule has 0 aliphatic carbocycles. The van der Waals surface area contributed by atoms with Gasteiger partial charge in [-0.2, -0.15) is 0 Å². The van der Waals surface area contributed by atoms with E-state index in [0.29, 0.717) is 16.3 Å². The fourth-order valence-electron chi connectivity index (χ4n) is 2.94. The van der Waals surface area contributed by atoms with E-state index in [1.807, 2.05) is 19.2 Å². The zero-order valence-electron chi connectivity index (χ0n) is 11.1. The van der Waals surface area contributed by atoms with Crippen LogP contribution < -0.4 is 10.4 Å². The summed E-state index contributed by atoms with van der Waals surface area (Å²) in [5, 5.41) is 12.8. The molecule has 0 saturated heterocycles. The summed E-state index contributed by atoms with van der Waals surface area (Å²) in [5.74, 6) is -0.168. The monoisotopic (exact) mass is 284 g/mol. The van der Waals surface area contributed by atoms with E-state index >= 15 is 0 Å². The van der Waals surface area contributed by atoms with Crippen LogP contribution in [0.2, 0.25) is 13.1 Å². The summed E-state index contributed by atoms with van der Waals surface area (Å²) in [4.78, 5) is 27.4. The molecular formula is C14H12N2O3Si. The van der Waals surface area contributed by atoms with E-state index in [1.165, 1.54) is 6.07 Å². The Morgan fingerprint density at radius 1 is 1.20 bits per heavy atom. The van der Waals surface area contributed by atoms with Crippen molar-refractivity contribution in [1.29, 1.82) is 0 Å². The lowest BCUT2D eigenvalue weighted by Crippen LogP contribution is -2.60. The van der Waals surface area contributed by atoms with Crippen LogP contribution in [0.4, 0.5) is 5.69 Å². The topological polar surface area (TPSA) is 73.1 Å². The number of hydrogen-bond acceptors (Lipinski definition) is 4.